The van der Waals surface area contributed by atoms with Gasteiger partial charge in [0.05, 0.1) is 10.6 Å². The van der Waals surface area contributed by atoms with Gasteiger partial charge in [-0.2, -0.15) is 0 Å². The summed E-state index contributed by atoms with van der Waals surface area (Å²) in [4.78, 5) is 29.8. The van der Waals surface area contributed by atoms with Crippen LogP contribution in [0.4, 0.5) is 5.69 Å². The molecule has 0 saturated carbocycles. The average molecular weight is 667 g/mol. The van der Waals surface area contributed by atoms with E-state index in [1.165, 1.54) is 17.0 Å². The Morgan fingerprint density at radius 2 is 1.47 bits per heavy atom. The maximum atomic E-state index is 14.5. The molecule has 4 rings (SSSR count). The van der Waals surface area contributed by atoms with Crippen molar-refractivity contribution in [3.8, 4) is 0 Å². The number of hydrogen-bond donors (Lipinski definition) is 1. The fourth-order valence-electron chi connectivity index (χ4n) is 4.77. The SMILES string of the molecule is Cc1ccc(S(=O)(=O)N(CC(=O)N(Cc2ccc(Cl)cc2Cl)[C@H](Cc2ccccc2)C(=O)NCC(C)C)c2ccccc2)cc1. The topological polar surface area (TPSA) is 86.8 Å². The van der Waals surface area contributed by atoms with Gasteiger partial charge in [-0.25, -0.2) is 8.42 Å². The number of benzene rings is 4. The Morgan fingerprint density at radius 3 is 2.07 bits per heavy atom. The van der Waals surface area contributed by atoms with Gasteiger partial charge in [0.2, 0.25) is 11.8 Å². The Hall–Kier alpha value is -3.85. The fourth-order valence-corrected chi connectivity index (χ4v) is 6.65. The van der Waals surface area contributed by atoms with Crippen LogP contribution in [0, 0.1) is 12.8 Å². The Kier molecular flexibility index (Phi) is 11.7. The van der Waals surface area contributed by atoms with Crippen molar-refractivity contribution < 1.29 is 18.0 Å². The van der Waals surface area contributed by atoms with Crippen molar-refractivity contribution >= 4 is 50.7 Å². The molecule has 4 aromatic carbocycles. The van der Waals surface area contributed by atoms with Crippen LogP contribution >= 0.6 is 23.2 Å². The molecule has 1 N–H and O–H groups in total. The fraction of sp³-hybridized carbons (Fsp3) is 0.257. The minimum Gasteiger partial charge on any atom is -0.354 e. The van der Waals surface area contributed by atoms with E-state index in [1.807, 2.05) is 51.1 Å². The zero-order chi connectivity index (χ0) is 32.6. The van der Waals surface area contributed by atoms with Gasteiger partial charge in [0, 0.05) is 29.6 Å². The van der Waals surface area contributed by atoms with Crippen LogP contribution in [0.5, 0.6) is 0 Å². The molecule has 0 fully saturated rings. The Bertz CT molecular complexity index is 1700. The predicted octanol–water partition coefficient (Wildman–Crippen LogP) is 6.91. The number of para-hydroxylation sites is 1. The molecule has 1 atom stereocenters. The van der Waals surface area contributed by atoms with Crippen LogP contribution in [0.15, 0.2) is 108 Å². The van der Waals surface area contributed by atoms with Crippen molar-refractivity contribution in [2.24, 2.45) is 5.92 Å². The standard InChI is InChI=1S/C35H37Cl2N3O4S/c1-25(2)22-38-35(42)33(20-27-10-6-4-7-11-27)39(23-28-16-17-29(36)21-32(28)37)34(41)24-40(30-12-8-5-9-13-30)45(43,44)31-18-14-26(3)15-19-31/h4-19,21,25,33H,20,22-24H2,1-3H3,(H,38,42)/t33-/m1/s1. The number of halogens is 2. The molecule has 0 aliphatic heterocycles. The number of hydrogen-bond acceptors (Lipinski definition) is 4. The molecule has 45 heavy (non-hydrogen) atoms. The number of carbonyl (C=O) groups is 2. The molecule has 0 radical (unpaired) electrons. The normalized spacial score (nSPS) is 12.0. The number of rotatable bonds is 13. The molecule has 7 nitrogen and oxygen atoms in total. The van der Waals surface area contributed by atoms with E-state index < -0.39 is 28.5 Å². The highest BCUT2D eigenvalue weighted by Crippen LogP contribution is 2.27. The minimum absolute atomic E-state index is 0.0470. The first-order valence-electron chi connectivity index (χ1n) is 14.6. The van der Waals surface area contributed by atoms with Crippen molar-refractivity contribution in [1.29, 1.82) is 0 Å². The average Bonchev–Trinajstić information content (AvgIpc) is 3.02. The molecule has 10 heteroatoms. The summed E-state index contributed by atoms with van der Waals surface area (Å²) in [5.41, 5.74) is 2.63. The van der Waals surface area contributed by atoms with Crippen LogP contribution in [0.2, 0.25) is 10.0 Å². The summed E-state index contributed by atoms with van der Waals surface area (Å²) in [7, 11) is -4.17. The number of aryl methyl sites for hydroxylation is 1. The number of carbonyl (C=O) groups excluding carboxylic acids is 2. The van der Waals surface area contributed by atoms with Crippen molar-refractivity contribution in [1.82, 2.24) is 10.2 Å². The van der Waals surface area contributed by atoms with Crippen molar-refractivity contribution in [2.75, 3.05) is 17.4 Å². The molecular weight excluding hydrogens is 629 g/mol. The first kappa shape index (κ1) is 34.0. The maximum absolute atomic E-state index is 14.5. The molecule has 0 unspecified atom stereocenters. The van der Waals surface area contributed by atoms with E-state index in [-0.39, 0.29) is 29.7 Å². The minimum atomic E-state index is -4.17. The van der Waals surface area contributed by atoms with E-state index in [1.54, 1.807) is 60.7 Å². The lowest BCUT2D eigenvalue weighted by Crippen LogP contribution is -2.53. The first-order chi connectivity index (χ1) is 21.5. The van der Waals surface area contributed by atoms with Crippen LogP contribution < -0.4 is 9.62 Å². The van der Waals surface area contributed by atoms with Crippen molar-refractivity contribution in [2.45, 2.75) is 44.7 Å². The Balaban J connectivity index is 1.80. The smallest absolute Gasteiger partial charge is 0.264 e. The summed E-state index contributed by atoms with van der Waals surface area (Å²) >= 11 is 12.7. The zero-order valence-corrected chi connectivity index (χ0v) is 27.8. The molecule has 0 spiro atoms. The second-order valence-corrected chi connectivity index (χ2v) is 14.0. The van der Waals surface area contributed by atoms with Gasteiger partial charge in [0.25, 0.3) is 10.0 Å². The van der Waals surface area contributed by atoms with E-state index in [9.17, 15) is 18.0 Å². The molecule has 0 heterocycles. The van der Waals surface area contributed by atoms with Gasteiger partial charge >= 0.3 is 0 Å². The number of sulfonamides is 1. The third-order valence-electron chi connectivity index (χ3n) is 7.24. The van der Waals surface area contributed by atoms with Gasteiger partial charge in [-0.1, -0.05) is 109 Å². The molecule has 2 amide bonds. The molecule has 0 aliphatic rings. The van der Waals surface area contributed by atoms with Crippen LogP contribution in [0.1, 0.15) is 30.5 Å². The summed E-state index contributed by atoms with van der Waals surface area (Å²) in [6.07, 6.45) is 0.206. The van der Waals surface area contributed by atoms with E-state index in [0.29, 0.717) is 27.8 Å². The molecule has 0 bridgehead atoms. The lowest BCUT2D eigenvalue weighted by atomic mass is 10.0. The summed E-state index contributed by atoms with van der Waals surface area (Å²) in [6, 6.07) is 28.3. The third-order valence-corrected chi connectivity index (χ3v) is 9.62. The number of nitrogens with zero attached hydrogens (tertiary/aromatic N) is 2. The number of amides is 2. The number of anilines is 1. The van der Waals surface area contributed by atoms with Crippen molar-refractivity contribution in [3.05, 3.63) is 130 Å². The van der Waals surface area contributed by atoms with E-state index in [0.717, 1.165) is 15.4 Å². The van der Waals surface area contributed by atoms with E-state index in [4.69, 9.17) is 23.2 Å². The summed E-state index contributed by atoms with van der Waals surface area (Å²) in [6.45, 7) is 5.65. The molecule has 236 valence electrons. The lowest BCUT2D eigenvalue weighted by Gasteiger charge is -2.34. The summed E-state index contributed by atoms with van der Waals surface area (Å²) < 4.78 is 29.2. The largest absolute Gasteiger partial charge is 0.354 e. The van der Waals surface area contributed by atoms with E-state index >= 15 is 0 Å². The monoisotopic (exact) mass is 665 g/mol. The van der Waals surface area contributed by atoms with Gasteiger partial charge in [0.15, 0.2) is 0 Å². The van der Waals surface area contributed by atoms with Gasteiger partial charge in [-0.05, 0) is 60.4 Å². The second-order valence-electron chi connectivity index (χ2n) is 11.3. The zero-order valence-electron chi connectivity index (χ0n) is 25.5. The Labute approximate surface area is 275 Å². The molecule has 0 aromatic heterocycles. The van der Waals surface area contributed by atoms with Crippen LogP contribution in [0.3, 0.4) is 0 Å². The predicted molar refractivity (Wildman–Crippen MR) is 181 cm³/mol. The van der Waals surface area contributed by atoms with Crippen LogP contribution in [-0.2, 0) is 32.6 Å². The summed E-state index contributed by atoms with van der Waals surface area (Å²) in [5, 5.41) is 3.73. The highest BCUT2D eigenvalue weighted by atomic mass is 35.5. The lowest BCUT2D eigenvalue weighted by molar-refractivity contribution is -0.140. The second kappa shape index (κ2) is 15.4. The molecular formula is C35H37Cl2N3O4S. The van der Waals surface area contributed by atoms with E-state index in [2.05, 4.69) is 5.32 Å². The van der Waals surface area contributed by atoms with Crippen LogP contribution in [-0.4, -0.2) is 44.3 Å². The summed E-state index contributed by atoms with van der Waals surface area (Å²) in [5.74, 6) is -0.741. The van der Waals surface area contributed by atoms with Crippen molar-refractivity contribution in [3.63, 3.8) is 0 Å². The van der Waals surface area contributed by atoms with Gasteiger partial charge < -0.3 is 10.2 Å². The van der Waals surface area contributed by atoms with Gasteiger partial charge in [0.1, 0.15) is 12.6 Å². The highest BCUT2D eigenvalue weighted by molar-refractivity contribution is 7.92. The molecule has 0 aliphatic carbocycles. The first-order valence-corrected chi connectivity index (χ1v) is 16.8. The molecule has 4 aromatic rings. The van der Waals surface area contributed by atoms with Crippen LogP contribution in [0.25, 0.3) is 0 Å². The molecule has 0 saturated heterocycles. The maximum Gasteiger partial charge on any atom is 0.264 e. The van der Waals surface area contributed by atoms with Gasteiger partial charge in [-0.3, -0.25) is 13.9 Å². The highest BCUT2D eigenvalue weighted by Gasteiger charge is 2.35. The quantitative estimate of drug-likeness (QED) is 0.168. The number of nitrogens with one attached hydrogen (secondary N) is 1. The third kappa shape index (κ3) is 9.10. The Morgan fingerprint density at radius 1 is 0.844 bits per heavy atom. The van der Waals surface area contributed by atoms with Gasteiger partial charge in [-0.15, -0.1) is 0 Å².